The van der Waals surface area contributed by atoms with Crippen molar-refractivity contribution in [2.24, 2.45) is 4.99 Å². The minimum atomic E-state index is -0.429. The van der Waals surface area contributed by atoms with Crippen molar-refractivity contribution in [3.63, 3.8) is 0 Å². The number of guanidine groups is 1. The van der Waals surface area contributed by atoms with E-state index in [0.29, 0.717) is 38.4 Å². The number of rotatable bonds is 5. The number of halogens is 3. The second-order valence-electron chi connectivity index (χ2n) is 7.61. The second kappa shape index (κ2) is 11.4. The third-order valence-corrected chi connectivity index (χ3v) is 5.46. The van der Waals surface area contributed by atoms with Crippen LogP contribution in [0.4, 0.5) is 14.5 Å². The first-order valence-electron chi connectivity index (χ1n) is 10.7. The summed E-state index contributed by atoms with van der Waals surface area (Å²) in [6, 6.07) is 7.55. The van der Waals surface area contributed by atoms with Crippen molar-refractivity contribution >= 4 is 35.6 Å². The number of aromatic nitrogens is 3. The number of imidazole rings is 1. The number of nitrogens with zero attached hydrogens (tertiary/aromatic N) is 6. The van der Waals surface area contributed by atoms with Crippen molar-refractivity contribution in [3.8, 4) is 5.82 Å². The minimum Gasteiger partial charge on any atom is -0.366 e. The summed E-state index contributed by atoms with van der Waals surface area (Å²) in [7, 11) is 0. The van der Waals surface area contributed by atoms with Gasteiger partial charge in [-0.15, -0.1) is 24.0 Å². The number of benzene rings is 1. The highest BCUT2D eigenvalue weighted by atomic mass is 127. The van der Waals surface area contributed by atoms with Gasteiger partial charge in [-0.25, -0.2) is 23.7 Å². The molecule has 1 fully saturated rings. The zero-order valence-corrected chi connectivity index (χ0v) is 21.0. The maximum atomic E-state index is 14.1. The third kappa shape index (κ3) is 5.98. The Kier molecular flexibility index (Phi) is 8.59. The molecular formula is C23H28F2IN7. The Morgan fingerprint density at radius 3 is 2.52 bits per heavy atom. The Bertz CT molecular complexity index is 1080. The van der Waals surface area contributed by atoms with E-state index in [1.54, 1.807) is 6.20 Å². The molecule has 1 N–H and O–H groups in total. The second-order valence-corrected chi connectivity index (χ2v) is 7.61. The molecule has 3 aromatic rings. The molecule has 0 radical (unpaired) electrons. The fraction of sp³-hybridized carbons (Fsp3) is 0.348. The van der Waals surface area contributed by atoms with Gasteiger partial charge in [-0.3, -0.25) is 4.57 Å². The molecule has 0 atom stereocenters. The van der Waals surface area contributed by atoms with Crippen LogP contribution < -0.4 is 10.2 Å². The molecule has 0 unspecified atom stereocenters. The number of nitrogens with one attached hydrogen (secondary N) is 1. The summed E-state index contributed by atoms with van der Waals surface area (Å²) < 4.78 is 29.6. The molecule has 1 saturated heterocycles. The first-order valence-corrected chi connectivity index (χ1v) is 10.7. The zero-order valence-electron chi connectivity index (χ0n) is 18.7. The Morgan fingerprint density at radius 1 is 1.09 bits per heavy atom. The van der Waals surface area contributed by atoms with Gasteiger partial charge in [-0.1, -0.05) is 6.07 Å². The van der Waals surface area contributed by atoms with Crippen molar-refractivity contribution < 1.29 is 8.78 Å². The van der Waals surface area contributed by atoms with Crippen molar-refractivity contribution in [2.75, 3.05) is 37.6 Å². The molecule has 2 aromatic heterocycles. The summed E-state index contributed by atoms with van der Waals surface area (Å²) in [6.07, 6.45) is 5.46. The summed E-state index contributed by atoms with van der Waals surface area (Å²) in [5, 5.41) is 3.33. The predicted molar refractivity (Wildman–Crippen MR) is 136 cm³/mol. The molecule has 4 rings (SSSR count). The fourth-order valence-corrected chi connectivity index (χ4v) is 3.75. The lowest BCUT2D eigenvalue weighted by atomic mass is 10.2. The van der Waals surface area contributed by atoms with Crippen LogP contribution in [0.15, 0.2) is 53.9 Å². The van der Waals surface area contributed by atoms with E-state index < -0.39 is 11.6 Å². The molecule has 0 amide bonds. The lowest BCUT2D eigenvalue weighted by Crippen LogP contribution is -2.52. The summed E-state index contributed by atoms with van der Waals surface area (Å²) >= 11 is 0. The number of anilines is 1. The normalized spacial score (nSPS) is 14.2. The molecule has 1 aliphatic rings. The number of aryl methyl sites for hydroxylation is 1. The lowest BCUT2D eigenvalue weighted by molar-refractivity contribution is 0.370. The Morgan fingerprint density at radius 2 is 1.88 bits per heavy atom. The highest BCUT2D eigenvalue weighted by Crippen LogP contribution is 2.22. The molecule has 0 bridgehead atoms. The van der Waals surface area contributed by atoms with Crippen molar-refractivity contribution in [1.82, 2.24) is 24.8 Å². The van der Waals surface area contributed by atoms with Crippen LogP contribution in [-0.2, 0) is 6.54 Å². The van der Waals surface area contributed by atoms with Crippen LogP contribution in [-0.4, -0.2) is 58.1 Å². The fourth-order valence-electron chi connectivity index (χ4n) is 3.75. The molecule has 7 nitrogen and oxygen atoms in total. The van der Waals surface area contributed by atoms with E-state index in [1.165, 1.54) is 12.1 Å². The van der Waals surface area contributed by atoms with Crippen molar-refractivity contribution in [1.29, 1.82) is 0 Å². The molecule has 10 heteroatoms. The molecule has 0 saturated carbocycles. The van der Waals surface area contributed by atoms with Gasteiger partial charge in [0.05, 0.1) is 12.2 Å². The van der Waals surface area contributed by atoms with Crippen LogP contribution in [0.3, 0.4) is 0 Å². The van der Waals surface area contributed by atoms with E-state index in [2.05, 4.69) is 20.2 Å². The maximum Gasteiger partial charge on any atom is 0.194 e. The smallest absolute Gasteiger partial charge is 0.194 e. The average Bonchev–Trinajstić information content (AvgIpc) is 3.24. The van der Waals surface area contributed by atoms with Gasteiger partial charge >= 0.3 is 0 Å². The van der Waals surface area contributed by atoms with Gasteiger partial charge in [-0.2, -0.15) is 0 Å². The van der Waals surface area contributed by atoms with Crippen LogP contribution in [0.25, 0.3) is 5.82 Å². The van der Waals surface area contributed by atoms with Crippen LogP contribution in [0.5, 0.6) is 0 Å². The molecule has 176 valence electrons. The summed E-state index contributed by atoms with van der Waals surface area (Å²) in [6.45, 7) is 7.71. The van der Waals surface area contributed by atoms with Crippen LogP contribution >= 0.6 is 24.0 Å². The number of pyridine rings is 1. The molecule has 1 aromatic carbocycles. The lowest BCUT2D eigenvalue weighted by Gasteiger charge is -2.37. The minimum absolute atomic E-state index is 0. The predicted octanol–water partition coefficient (Wildman–Crippen LogP) is 3.76. The van der Waals surface area contributed by atoms with E-state index in [9.17, 15) is 8.78 Å². The first kappa shape index (κ1) is 24.9. The van der Waals surface area contributed by atoms with Gasteiger partial charge < -0.3 is 15.1 Å². The van der Waals surface area contributed by atoms with Crippen molar-refractivity contribution in [3.05, 3.63) is 71.9 Å². The van der Waals surface area contributed by atoms with E-state index in [4.69, 9.17) is 4.99 Å². The monoisotopic (exact) mass is 567 g/mol. The zero-order chi connectivity index (χ0) is 22.5. The molecule has 0 aliphatic carbocycles. The number of hydrogen-bond donors (Lipinski definition) is 1. The number of hydrogen-bond acceptors (Lipinski definition) is 4. The summed E-state index contributed by atoms with van der Waals surface area (Å²) in [5.41, 5.74) is 1.31. The average molecular weight is 567 g/mol. The van der Waals surface area contributed by atoms with Gasteiger partial charge in [0.2, 0.25) is 0 Å². The molecular weight excluding hydrogens is 539 g/mol. The quantitative estimate of drug-likeness (QED) is 0.289. The van der Waals surface area contributed by atoms with Gasteiger partial charge in [-0.05, 0) is 37.6 Å². The first-order chi connectivity index (χ1) is 15.5. The summed E-state index contributed by atoms with van der Waals surface area (Å²) in [5.74, 6) is 1.68. The molecule has 0 spiro atoms. The number of aliphatic imine (C=N–C) groups is 1. The Balaban J connectivity index is 0.00000306. The van der Waals surface area contributed by atoms with Crippen LogP contribution in [0, 0.1) is 18.6 Å². The SMILES string of the molecule is CCNC(=NCc1ccc(-n2ccnc2C)nc1)N1CCN(c2cc(F)ccc2F)CC1.I. The Labute approximate surface area is 209 Å². The summed E-state index contributed by atoms with van der Waals surface area (Å²) in [4.78, 5) is 17.5. The molecule has 33 heavy (non-hydrogen) atoms. The van der Waals surface area contributed by atoms with Gasteiger partial charge in [0, 0.05) is 57.4 Å². The van der Waals surface area contributed by atoms with Gasteiger partial charge in [0.1, 0.15) is 23.3 Å². The van der Waals surface area contributed by atoms with Gasteiger partial charge in [0.15, 0.2) is 5.96 Å². The van der Waals surface area contributed by atoms with Crippen LogP contribution in [0.1, 0.15) is 18.3 Å². The standard InChI is InChI=1S/C23H27F2N7.HI/c1-3-26-23(29-16-18-4-7-22(28-15-18)32-9-8-27-17(32)2)31-12-10-30(11-13-31)21-14-19(24)5-6-20(21)25;/h4-9,14-15H,3,10-13,16H2,1-2H3,(H,26,29);1H. The van der Waals surface area contributed by atoms with E-state index in [0.717, 1.165) is 35.8 Å². The highest BCUT2D eigenvalue weighted by molar-refractivity contribution is 14.0. The van der Waals surface area contributed by atoms with E-state index in [1.807, 2.05) is 47.8 Å². The van der Waals surface area contributed by atoms with E-state index >= 15 is 0 Å². The third-order valence-electron chi connectivity index (χ3n) is 5.46. The highest BCUT2D eigenvalue weighted by Gasteiger charge is 2.22. The Hall–Kier alpha value is -2.76. The van der Waals surface area contributed by atoms with E-state index in [-0.39, 0.29) is 24.0 Å². The van der Waals surface area contributed by atoms with Crippen molar-refractivity contribution in [2.45, 2.75) is 20.4 Å². The molecule has 1 aliphatic heterocycles. The van der Waals surface area contributed by atoms with Gasteiger partial charge in [0.25, 0.3) is 0 Å². The maximum absolute atomic E-state index is 14.1. The topological polar surface area (TPSA) is 61.6 Å². The molecule has 3 heterocycles. The number of piperazine rings is 1. The largest absolute Gasteiger partial charge is 0.366 e. The van der Waals surface area contributed by atoms with Crippen LogP contribution in [0.2, 0.25) is 0 Å².